The van der Waals surface area contributed by atoms with Crippen molar-refractivity contribution in [3.63, 3.8) is 0 Å². The van der Waals surface area contributed by atoms with Gasteiger partial charge >= 0.3 is 6.03 Å². The number of carbonyl (C=O) groups is 1. The van der Waals surface area contributed by atoms with Crippen molar-refractivity contribution >= 4 is 28.2 Å². The number of nitrogen functional groups attached to an aromatic ring is 1. The van der Waals surface area contributed by atoms with E-state index in [-0.39, 0.29) is 12.1 Å². The molecular weight excluding hydrogens is 266 g/mol. The molecule has 2 aliphatic rings. The van der Waals surface area contributed by atoms with Gasteiger partial charge in [-0.25, -0.2) is 4.79 Å². The van der Waals surface area contributed by atoms with Gasteiger partial charge in [0.2, 0.25) is 0 Å². The van der Waals surface area contributed by atoms with E-state index in [0.717, 1.165) is 41.8 Å². The van der Waals surface area contributed by atoms with E-state index in [9.17, 15) is 4.79 Å². The molecule has 1 aromatic heterocycles. The molecule has 3 heterocycles. The molecule has 2 amide bonds. The first-order valence-electron chi connectivity index (χ1n) is 7.15. The Morgan fingerprint density at radius 2 is 2.19 bits per heavy atom. The van der Waals surface area contributed by atoms with Crippen molar-refractivity contribution in [3.8, 4) is 0 Å². The lowest BCUT2D eigenvalue weighted by molar-refractivity contribution is 0.198. The van der Waals surface area contributed by atoms with Crippen LogP contribution in [0.4, 0.5) is 16.2 Å². The van der Waals surface area contributed by atoms with Gasteiger partial charge in [-0.1, -0.05) is 6.07 Å². The van der Waals surface area contributed by atoms with Crippen LogP contribution in [-0.2, 0) is 0 Å². The van der Waals surface area contributed by atoms with Crippen LogP contribution in [0.3, 0.4) is 0 Å². The monoisotopic (exact) mass is 283 g/mol. The van der Waals surface area contributed by atoms with Gasteiger partial charge in [0, 0.05) is 49.3 Å². The normalized spacial score (nSPS) is 21.5. The summed E-state index contributed by atoms with van der Waals surface area (Å²) in [5, 5.41) is 4.98. The maximum atomic E-state index is 11.7. The van der Waals surface area contributed by atoms with Crippen LogP contribution < -0.4 is 16.0 Å². The molecule has 2 saturated heterocycles. The number of urea groups is 1. The minimum absolute atomic E-state index is 0.0530. The van der Waals surface area contributed by atoms with E-state index < -0.39 is 0 Å². The molecule has 6 heteroatoms. The first kappa shape index (κ1) is 12.3. The minimum atomic E-state index is 0.0530. The molecule has 1 unspecified atom stereocenters. The second-order valence-electron chi connectivity index (χ2n) is 5.57. The Morgan fingerprint density at radius 3 is 3.10 bits per heavy atom. The van der Waals surface area contributed by atoms with Crippen LogP contribution in [0.1, 0.15) is 0 Å². The average Bonchev–Trinajstić information content (AvgIpc) is 2.89. The maximum Gasteiger partial charge on any atom is 0.317 e. The van der Waals surface area contributed by atoms with Crippen LogP contribution >= 0.6 is 0 Å². The fraction of sp³-hybridized carbons (Fsp3) is 0.333. The Labute approximate surface area is 122 Å². The number of nitrogens with two attached hydrogens (primary N) is 1. The number of carbonyl (C=O) groups excluding carboxylic acids is 1. The van der Waals surface area contributed by atoms with Crippen LogP contribution in [0.25, 0.3) is 10.8 Å². The summed E-state index contributed by atoms with van der Waals surface area (Å²) in [5.74, 6) is 0. The number of anilines is 2. The van der Waals surface area contributed by atoms with E-state index in [1.165, 1.54) is 0 Å². The lowest BCUT2D eigenvalue weighted by atomic mass is 10.1. The fourth-order valence-corrected chi connectivity index (χ4v) is 3.28. The number of aromatic nitrogens is 1. The Kier molecular flexibility index (Phi) is 2.63. The predicted octanol–water partition coefficient (Wildman–Crippen LogP) is 1.03. The highest BCUT2D eigenvalue weighted by atomic mass is 16.2. The molecule has 0 radical (unpaired) electrons. The molecule has 2 fully saturated rings. The molecule has 0 aliphatic carbocycles. The van der Waals surface area contributed by atoms with Crippen LogP contribution in [0.2, 0.25) is 0 Å². The molecule has 21 heavy (non-hydrogen) atoms. The Balaban J connectivity index is 1.68. The standard InChI is InChI=1S/C15H17N5O/c16-14-12-3-4-17-7-10(12)1-2-13(14)19-5-6-20-11(9-19)8-18-15(20)21/h1-4,7,11H,5-6,8-9,16H2,(H,18,21). The highest BCUT2D eigenvalue weighted by molar-refractivity contribution is 5.98. The molecule has 0 bridgehead atoms. The molecule has 1 aromatic carbocycles. The van der Waals surface area contributed by atoms with E-state index in [1.54, 1.807) is 6.20 Å². The summed E-state index contributed by atoms with van der Waals surface area (Å²) in [6, 6.07) is 6.35. The lowest BCUT2D eigenvalue weighted by Crippen LogP contribution is -2.52. The highest BCUT2D eigenvalue weighted by Gasteiger charge is 2.35. The second kappa shape index (κ2) is 4.51. The van der Waals surface area contributed by atoms with Gasteiger partial charge in [0.05, 0.1) is 17.4 Å². The molecule has 0 saturated carbocycles. The van der Waals surface area contributed by atoms with Gasteiger partial charge in [-0.3, -0.25) is 4.98 Å². The third-order valence-corrected chi connectivity index (χ3v) is 4.41. The van der Waals surface area contributed by atoms with Gasteiger partial charge in [0.1, 0.15) is 0 Å². The molecule has 0 spiro atoms. The third-order valence-electron chi connectivity index (χ3n) is 4.41. The summed E-state index contributed by atoms with van der Waals surface area (Å²) >= 11 is 0. The van der Waals surface area contributed by atoms with Crippen molar-refractivity contribution in [3.05, 3.63) is 30.6 Å². The number of nitrogens with zero attached hydrogens (tertiary/aromatic N) is 3. The smallest absolute Gasteiger partial charge is 0.317 e. The van der Waals surface area contributed by atoms with Crippen LogP contribution in [-0.4, -0.2) is 48.1 Å². The number of amides is 2. The van der Waals surface area contributed by atoms with Gasteiger partial charge in [0.25, 0.3) is 0 Å². The summed E-state index contributed by atoms with van der Waals surface area (Å²) in [7, 11) is 0. The van der Waals surface area contributed by atoms with Crippen molar-refractivity contribution in [1.82, 2.24) is 15.2 Å². The number of pyridine rings is 1. The summed E-state index contributed by atoms with van der Waals surface area (Å²) in [6.07, 6.45) is 3.59. The highest BCUT2D eigenvalue weighted by Crippen LogP contribution is 2.32. The van der Waals surface area contributed by atoms with Crippen molar-refractivity contribution in [2.75, 3.05) is 36.8 Å². The molecule has 3 N–H and O–H groups in total. The zero-order valence-electron chi connectivity index (χ0n) is 11.6. The van der Waals surface area contributed by atoms with Gasteiger partial charge in [-0.15, -0.1) is 0 Å². The maximum absolute atomic E-state index is 11.7. The number of nitrogens with one attached hydrogen (secondary N) is 1. The second-order valence-corrected chi connectivity index (χ2v) is 5.57. The summed E-state index contributed by atoms with van der Waals surface area (Å²) < 4.78 is 0. The molecule has 6 nitrogen and oxygen atoms in total. The Bertz CT molecular complexity index is 716. The number of benzene rings is 1. The van der Waals surface area contributed by atoms with E-state index in [4.69, 9.17) is 5.73 Å². The zero-order chi connectivity index (χ0) is 14.4. The quantitative estimate of drug-likeness (QED) is 0.767. The van der Waals surface area contributed by atoms with Crippen molar-refractivity contribution in [2.45, 2.75) is 6.04 Å². The number of fused-ring (bicyclic) bond motifs is 2. The van der Waals surface area contributed by atoms with E-state index in [1.807, 2.05) is 17.2 Å². The number of hydrogen-bond acceptors (Lipinski definition) is 4. The van der Waals surface area contributed by atoms with Crippen molar-refractivity contribution in [2.24, 2.45) is 0 Å². The topological polar surface area (TPSA) is 74.5 Å². The van der Waals surface area contributed by atoms with Crippen LogP contribution in [0, 0.1) is 0 Å². The Hall–Kier alpha value is -2.50. The number of piperazine rings is 1. The first-order valence-corrected chi connectivity index (χ1v) is 7.15. The van der Waals surface area contributed by atoms with Crippen molar-refractivity contribution < 1.29 is 4.79 Å². The van der Waals surface area contributed by atoms with Gasteiger partial charge in [-0.05, 0) is 12.1 Å². The van der Waals surface area contributed by atoms with Crippen LogP contribution in [0.15, 0.2) is 30.6 Å². The summed E-state index contributed by atoms with van der Waals surface area (Å²) in [4.78, 5) is 20.0. The largest absolute Gasteiger partial charge is 0.397 e. The predicted molar refractivity (Wildman–Crippen MR) is 82.3 cm³/mol. The van der Waals surface area contributed by atoms with E-state index in [2.05, 4.69) is 27.3 Å². The van der Waals surface area contributed by atoms with E-state index >= 15 is 0 Å². The fourth-order valence-electron chi connectivity index (χ4n) is 3.28. The minimum Gasteiger partial charge on any atom is -0.397 e. The third kappa shape index (κ3) is 1.86. The summed E-state index contributed by atoms with van der Waals surface area (Å²) in [6.45, 7) is 3.08. The summed E-state index contributed by atoms with van der Waals surface area (Å²) in [5.41, 5.74) is 8.19. The van der Waals surface area contributed by atoms with Crippen LogP contribution in [0.5, 0.6) is 0 Å². The molecule has 108 valence electrons. The van der Waals surface area contributed by atoms with E-state index in [0.29, 0.717) is 6.54 Å². The molecule has 2 aromatic rings. The average molecular weight is 283 g/mol. The van der Waals surface area contributed by atoms with Gasteiger partial charge in [0.15, 0.2) is 0 Å². The Morgan fingerprint density at radius 1 is 1.29 bits per heavy atom. The molecule has 2 aliphatic heterocycles. The van der Waals surface area contributed by atoms with Crippen molar-refractivity contribution in [1.29, 1.82) is 0 Å². The molecular formula is C15H17N5O. The molecule has 1 atom stereocenters. The lowest BCUT2D eigenvalue weighted by Gasteiger charge is -2.38. The first-order chi connectivity index (χ1) is 10.2. The van der Waals surface area contributed by atoms with Gasteiger partial charge < -0.3 is 20.9 Å². The SMILES string of the molecule is Nc1c(N2CCN3C(=O)NCC3C2)ccc2cnccc12. The number of hydrogen-bond donors (Lipinski definition) is 2. The number of rotatable bonds is 1. The van der Waals surface area contributed by atoms with Gasteiger partial charge in [-0.2, -0.15) is 0 Å². The molecule has 4 rings (SSSR count). The zero-order valence-corrected chi connectivity index (χ0v) is 11.6.